The molecular formula is C31H54O13. The summed E-state index contributed by atoms with van der Waals surface area (Å²) in [6.45, 7) is 10.4. The van der Waals surface area contributed by atoms with Gasteiger partial charge in [0.25, 0.3) is 0 Å². The second-order valence-electron chi connectivity index (χ2n) is 14.5. The Morgan fingerprint density at radius 1 is 0.909 bits per heavy atom. The highest BCUT2D eigenvalue weighted by molar-refractivity contribution is 5.12. The quantitative estimate of drug-likeness (QED) is 0.103. The number of fused-ring (bicyclic) bond motifs is 1. The van der Waals surface area contributed by atoms with Crippen LogP contribution in [0.4, 0.5) is 0 Å². The van der Waals surface area contributed by atoms with Gasteiger partial charge in [-0.05, 0) is 69.6 Å². The largest absolute Gasteiger partial charge is 0.396 e. The summed E-state index contributed by atoms with van der Waals surface area (Å²) in [6, 6.07) is 0. The number of aliphatic hydroxyl groups is 9. The minimum atomic E-state index is -1.59. The fraction of sp³-hybridized carbons (Fsp3) is 0.935. The van der Waals surface area contributed by atoms with E-state index in [0.29, 0.717) is 38.5 Å². The van der Waals surface area contributed by atoms with E-state index in [9.17, 15) is 46.0 Å². The monoisotopic (exact) mass is 634 g/mol. The number of ether oxygens (including phenoxy) is 4. The van der Waals surface area contributed by atoms with Crippen LogP contribution in [0.25, 0.3) is 0 Å². The molecule has 2 saturated heterocycles. The van der Waals surface area contributed by atoms with Crippen molar-refractivity contribution in [3.63, 3.8) is 0 Å². The van der Waals surface area contributed by atoms with Gasteiger partial charge in [0, 0.05) is 5.41 Å². The Hall–Kier alpha value is -0.780. The molecule has 0 amide bonds. The molecule has 0 radical (unpaired) electrons. The predicted molar refractivity (Wildman–Crippen MR) is 155 cm³/mol. The van der Waals surface area contributed by atoms with Crippen molar-refractivity contribution in [2.75, 3.05) is 19.8 Å². The minimum absolute atomic E-state index is 0.149. The first-order valence-corrected chi connectivity index (χ1v) is 15.7. The molecule has 16 atom stereocenters. The van der Waals surface area contributed by atoms with E-state index < -0.39 is 90.1 Å². The second-order valence-corrected chi connectivity index (χ2v) is 14.5. The standard InChI is InChI=1S/C31H54O13/c1-6-28(2,40)10-7-19-29(3)11-9-20(43-27-25(39)23(37)22(36)17(13-32)42-27)30(4,15-33)18(29)8-12-31(19,5)44-26-24(38)21(35)16(34)14-41-26/h6,16-27,32-40H,1,7-15H2,2-5H3/t16-,17+,18+,19+,20-,21-,22+,23-,24+,25+,26-,27-,28+,29-,30-,31+/m0/s1. The average molecular weight is 635 g/mol. The summed E-state index contributed by atoms with van der Waals surface area (Å²) in [5, 5.41) is 93.6. The number of rotatable bonds is 10. The first-order valence-electron chi connectivity index (χ1n) is 15.7. The third kappa shape index (κ3) is 6.51. The Labute approximate surface area is 259 Å². The van der Waals surface area contributed by atoms with Crippen LogP contribution in [-0.4, -0.2) is 138 Å². The highest BCUT2D eigenvalue weighted by atomic mass is 16.7. The Morgan fingerprint density at radius 2 is 1.57 bits per heavy atom. The van der Waals surface area contributed by atoms with Crippen LogP contribution in [0, 0.1) is 22.7 Å². The van der Waals surface area contributed by atoms with Crippen molar-refractivity contribution in [3.8, 4) is 0 Å². The summed E-state index contributed by atoms with van der Waals surface area (Å²) in [4.78, 5) is 0. The lowest BCUT2D eigenvalue weighted by molar-refractivity contribution is -0.343. The van der Waals surface area contributed by atoms with Gasteiger partial charge < -0.3 is 64.9 Å². The Balaban J connectivity index is 1.63. The fourth-order valence-electron chi connectivity index (χ4n) is 8.54. The minimum Gasteiger partial charge on any atom is -0.396 e. The molecule has 4 fully saturated rings. The number of aliphatic hydroxyl groups excluding tert-OH is 8. The lowest BCUT2D eigenvalue weighted by atomic mass is 9.44. The van der Waals surface area contributed by atoms with Gasteiger partial charge in [-0.15, -0.1) is 6.58 Å². The normalized spacial score (nSPS) is 51.3. The van der Waals surface area contributed by atoms with E-state index in [1.807, 2.05) is 13.8 Å². The zero-order valence-electron chi connectivity index (χ0n) is 26.2. The van der Waals surface area contributed by atoms with Crippen LogP contribution in [-0.2, 0) is 18.9 Å². The van der Waals surface area contributed by atoms with Crippen LogP contribution in [0.15, 0.2) is 12.7 Å². The van der Waals surface area contributed by atoms with E-state index in [-0.39, 0.29) is 25.0 Å². The maximum Gasteiger partial charge on any atom is 0.186 e. The fourth-order valence-corrected chi connectivity index (χ4v) is 8.54. The van der Waals surface area contributed by atoms with Crippen molar-refractivity contribution < 1.29 is 64.9 Å². The summed E-state index contributed by atoms with van der Waals surface area (Å²) in [6.07, 6.45) is -8.69. The molecule has 0 bridgehead atoms. The second kappa shape index (κ2) is 13.4. The van der Waals surface area contributed by atoms with Crippen LogP contribution >= 0.6 is 0 Å². The van der Waals surface area contributed by atoms with Crippen molar-refractivity contribution in [2.45, 2.75) is 139 Å². The summed E-state index contributed by atoms with van der Waals surface area (Å²) in [5.74, 6) is -0.386. The van der Waals surface area contributed by atoms with Crippen molar-refractivity contribution >= 4 is 0 Å². The Kier molecular flexibility index (Phi) is 11.0. The summed E-state index contributed by atoms with van der Waals surface area (Å²) in [5.41, 5.74) is -3.39. The van der Waals surface area contributed by atoms with Gasteiger partial charge in [0.1, 0.15) is 42.7 Å². The van der Waals surface area contributed by atoms with E-state index in [1.54, 1.807) is 6.92 Å². The highest BCUT2D eigenvalue weighted by Gasteiger charge is 2.64. The lowest BCUT2D eigenvalue weighted by Crippen LogP contribution is -2.66. The van der Waals surface area contributed by atoms with Gasteiger partial charge in [0.15, 0.2) is 12.6 Å². The smallest absolute Gasteiger partial charge is 0.186 e. The summed E-state index contributed by atoms with van der Waals surface area (Å²) >= 11 is 0. The first-order chi connectivity index (χ1) is 20.5. The van der Waals surface area contributed by atoms with E-state index in [0.717, 1.165) is 0 Å². The summed E-state index contributed by atoms with van der Waals surface area (Å²) < 4.78 is 24.1. The van der Waals surface area contributed by atoms with Crippen LogP contribution < -0.4 is 0 Å². The molecule has 256 valence electrons. The van der Waals surface area contributed by atoms with Gasteiger partial charge in [-0.25, -0.2) is 0 Å². The molecule has 0 unspecified atom stereocenters. The highest BCUT2D eigenvalue weighted by Crippen LogP contribution is 2.64. The van der Waals surface area contributed by atoms with Crippen molar-refractivity contribution in [1.29, 1.82) is 0 Å². The zero-order chi connectivity index (χ0) is 32.8. The van der Waals surface area contributed by atoms with Crippen LogP contribution in [0.3, 0.4) is 0 Å². The Morgan fingerprint density at radius 3 is 2.18 bits per heavy atom. The molecule has 4 aliphatic rings. The zero-order valence-corrected chi connectivity index (χ0v) is 26.2. The predicted octanol–water partition coefficient (Wildman–Crippen LogP) is -1.07. The average Bonchev–Trinajstić information content (AvgIpc) is 2.98. The van der Waals surface area contributed by atoms with Gasteiger partial charge in [-0.3, -0.25) is 0 Å². The van der Waals surface area contributed by atoms with Gasteiger partial charge in [0.2, 0.25) is 0 Å². The molecule has 13 nitrogen and oxygen atoms in total. The van der Waals surface area contributed by atoms with E-state index >= 15 is 0 Å². The van der Waals surface area contributed by atoms with Gasteiger partial charge in [-0.2, -0.15) is 0 Å². The third-order valence-corrected chi connectivity index (χ3v) is 11.4. The summed E-state index contributed by atoms with van der Waals surface area (Å²) in [7, 11) is 0. The molecule has 44 heavy (non-hydrogen) atoms. The molecule has 0 spiro atoms. The van der Waals surface area contributed by atoms with E-state index in [4.69, 9.17) is 18.9 Å². The molecule has 13 heteroatoms. The molecule has 2 saturated carbocycles. The number of hydrogen-bond donors (Lipinski definition) is 9. The van der Waals surface area contributed by atoms with Gasteiger partial charge >= 0.3 is 0 Å². The lowest BCUT2D eigenvalue weighted by Gasteiger charge is -2.65. The molecule has 2 aliphatic heterocycles. The number of hydrogen-bond acceptors (Lipinski definition) is 13. The van der Waals surface area contributed by atoms with Gasteiger partial charge in [0.05, 0.1) is 37.1 Å². The third-order valence-electron chi connectivity index (χ3n) is 11.4. The van der Waals surface area contributed by atoms with Crippen LogP contribution in [0.2, 0.25) is 0 Å². The van der Waals surface area contributed by atoms with Crippen LogP contribution in [0.5, 0.6) is 0 Å². The maximum absolute atomic E-state index is 10.9. The van der Waals surface area contributed by atoms with Crippen LogP contribution in [0.1, 0.15) is 66.2 Å². The molecule has 0 aromatic heterocycles. The Bertz CT molecular complexity index is 980. The van der Waals surface area contributed by atoms with Crippen molar-refractivity contribution in [3.05, 3.63) is 12.7 Å². The topological polar surface area (TPSA) is 219 Å². The molecule has 0 aromatic carbocycles. The molecule has 2 aliphatic carbocycles. The SMILES string of the molecule is C=C[C@@](C)(O)CC[C@@H]1[C@@]2(C)CC[C@H](O[C@@H]3O[C@H](CO)[C@@H](O)[C@H](O)[C@H]3O)[C@@](C)(CO)[C@@H]2CC[C@@]1(C)O[C@@H]1OC[C@H](O)[C@H](O)[C@H]1O. The van der Waals surface area contributed by atoms with E-state index in [2.05, 4.69) is 13.5 Å². The molecule has 4 rings (SSSR count). The van der Waals surface area contributed by atoms with E-state index in [1.165, 1.54) is 6.08 Å². The first kappa shape index (κ1) is 36.1. The van der Waals surface area contributed by atoms with Crippen molar-refractivity contribution in [2.24, 2.45) is 22.7 Å². The van der Waals surface area contributed by atoms with Gasteiger partial charge in [-0.1, -0.05) is 19.9 Å². The van der Waals surface area contributed by atoms with Crippen molar-refractivity contribution in [1.82, 2.24) is 0 Å². The molecule has 2 heterocycles. The molecular weight excluding hydrogens is 580 g/mol. The molecule has 0 aromatic rings. The molecule has 9 N–H and O–H groups in total. The maximum atomic E-state index is 10.9.